The predicted octanol–water partition coefficient (Wildman–Crippen LogP) is 4.98. The molecule has 0 atom stereocenters. The Morgan fingerprint density at radius 3 is 2.40 bits per heavy atom. The highest BCUT2D eigenvalue weighted by atomic mass is 35.5. The van der Waals surface area contributed by atoms with Crippen molar-refractivity contribution in [3.63, 3.8) is 0 Å². The van der Waals surface area contributed by atoms with Crippen molar-refractivity contribution < 1.29 is 12.8 Å². The van der Waals surface area contributed by atoms with E-state index in [9.17, 15) is 17.6 Å². The van der Waals surface area contributed by atoms with E-state index in [-0.39, 0.29) is 10.3 Å². The minimum Gasteiger partial charge on any atom is -0.341 e. The van der Waals surface area contributed by atoms with E-state index in [4.69, 9.17) is 11.6 Å². The van der Waals surface area contributed by atoms with Crippen LogP contribution >= 0.6 is 11.6 Å². The molecule has 0 bridgehead atoms. The van der Waals surface area contributed by atoms with Crippen LogP contribution < -0.4 is 5.43 Å². The number of hydrogen-bond acceptors (Lipinski definition) is 3. The lowest BCUT2D eigenvalue weighted by atomic mass is 10.1. The summed E-state index contributed by atoms with van der Waals surface area (Å²) in [6, 6.07) is 17.1. The molecule has 0 amide bonds. The summed E-state index contributed by atoms with van der Waals surface area (Å²) in [5.41, 5.74) is 1.70. The minimum atomic E-state index is -4.13. The summed E-state index contributed by atoms with van der Waals surface area (Å²) in [6.45, 7) is 2.28. The molecule has 0 N–H and O–H groups in total. The van der Waals surface area contributed by atoms with E-state index in [0.717, 1.165) is 17.2 Å². The number of pyridine rings is 1. The fraction of sp³-hybridized carbons (Fsp3) is 0.0870. The number of benzene rings is 3. The van der Waals surface area contributed by atoms with Gasteiger partial charge >= 0.3 is 0 Å². The molecule has 0 radical (unpaired) electrons. The number of rotatable bonds is 4. The van der Waals surface area contributed by atoms with Crippen LogP contribution in [-0.2, 0) is 16.4 Å². The minimum absolute atomic E-state index is 0.0126. The Balaban J connectivity index is 1.99. The summed E-state index contributed by atoms with van der Waals surface area (Å²) < 4.78 is 42.0. The van der Waals surface area contributed by atoms with E-state index >= 15 is 0 Å². The van der Waals surface area contributed by atoms with Gasteiger partial charge in [-0.1, -0.05) is 35.9 Å². The van der Waals surface area contributed by atoms with Gasteiger partial charge < -0.3 is 4.57 Å². The van der Waals surface area contributed by atoms with Crippen molar-refractivity contribution in [3.05, 3.63) is 105 Å². The number of aryl methyl sites for hydroxylation is 1. The monoisotopic (exact) mass is 441 g/mol. The van der Waals surface area contributed by atoms with Crippen LogP contribution in [-0.4, -0.2) is 13.0 Å². The normalized spacial score (nSPS) is 11.7. The summed E-state index contributed by atoms with van der Waals surface area (Å²) in [5, 5.41) is 0.394. The molecule has 0 aliphatic carbocycles. The molecule has 3 aromatic carbocycles. The standard InChI is InChI=1S/C23H17ClFNO3S/c1-15-4-2-3-5-16(15)13-26-14-22(23(27)20-12-18(25)8-11-21(20)26)30(28,29)19-9-6-17(24)7-10-19/h2-12,14H,13H2,1H3. The van der Waals surface area contributed by atoms with Crippen LogP contribution in [0.25, 0.3) is 10.9 Å². The van der Waals surface area contributed by atoms with Gasteiger partial charge in [0.15, 0.2) is 0 Å². The van der Waals surface area contributed by atoms with Gasteiger partial charge in [-0.2, -0.15) is 0 Å². The van der Waals surface area contributed by atoms with Crippen LogP contribution in [0.3, 0.4) is 0 Å². The summed E-state index contributed by atoms with van der Waals surface area (Å²) in [7, 11) is -4.13. The zero-order valence-electron chi connectivity index (χ0n) is 16.0. The first-order valence-electron chi connectivity index (χ1n) is 9.15. The molecule has 152 valence electrons. The highest BCUT2D eigenvalue weighted by Crippen LogP contribution is 2.24. The number of aromatic nitrogens is 1. The quantitative estimate of drug-likeness (QED) is 0.448. The smallest absolute Gasteiger partial charge is 0.211 e. The fourth-order valence-corrected chi connectivity index (χ4v) is 4.87. The number of fused-ring (bicyclic) bond motifs is 1. The third-order valence-corrected chi connectivity index (χ3v) is 7.04. The van der Waals surface area contributed by atoms with Crippen LogP contribution in [0, 0.1) is 12.7 Å². The fourth-order valence-electron chi connectivity index (χ4n) is 3.38. The average Bonchev–Trinajstić information content (AvgIpc) is 2.72. The van der Waals surface area contributed by atoms with Gasteiger partial charge in [-0.3, -0.25) is 4.79 Å². The van der Waals surface area contributed by atoms with E-state index in [2.05, 4.69) is 0 Å². The number of nitrogens with zero attached hydrogens (tertiary/aromatic N) is 1. The SMILES string of the molecule is Cc1ccccc1Cn1cc(S(=O)(=O)c2ccc(Cl)cc2)c(=O)c2cc(F)ccc21. The summed E-state index contributed by atoms with van der Waals surface area (Å²) >= 11 is 5.86. The first-order chi connectivity index (χ1) is 14.3. The second kappa shape index (κ2) is 7.70. The number of hydrogen-bond donors (Lipinski definition) is 0. The first-order valence-corrected chi connectivity index (χ1v) is 11.0. The molecular weight excluding hydrogens is 425 g/mol. The molecular formula is C23H17ClFNO3S. The topological polar surface area (TPSA) is 56.1 Å². The van der Waals surface area contributed by atoms with Crippen molar-refractivity contribution in [3.8, 4) is 0 Å². The number of sulfone groups is 1. The average molecular weight is 442 g/mol. The molecule has 30 heavy (non-hydrogen) atoms. The van der Waals surface area contributed by atoms with Crippen molar-refractivity contribution in [2.24, 2.45) is 0 Å². The second-order valence-electron chi connectivity index (χ2n) is 7.00. The van der Waals surface area contributed by atoms with Crippen molar-refractivity contribution in [1.29, 1.82) is 0 Å². The van der Waals surface area contributed by atoms with Gasteiger partial charge in [0.25, 0.3) is 0 Å². The Labute approximate surface area is 178 Å². The molecule has 0 saturated carbocycles. The maximum Gasteiger partial charge on any atom is 0.211 e. The zero-order valence-corrected chi connectivity index (χ0v) is 17.5. The molecule has 4 nitrogen and oxygen atoms in total. The maximum absolute atomic E-state index is 13.9. The van der Waals surface area contributed by atoms with E-state index in [0.29, 0.717) is 17.1 Å². The van der Waals surface area contributed by atoms with E-state index < -0.39 is 26.0 Å². The molecule has 0 aliphatic rings. The summed E-state index contributed by atoms with van der Waals surface area (Å²) in [5.74, 6) is -0.608. The Morgan fingerprint density at radius 2 is 1.70 bits per heavy atom. The lowest BCUT2D eigenvalue weighted by Crippen LogP contribution is -2.20. The molecule has 1 aromatic heterocycles. The van der Waals surface area contributed by atoms with Crippen LogP contribution in [0.4, 0.5) is 4.39 Å². The van der Waals surface area contributed by atoms with Crippen molar-refractivity contribution in [2.45, 2.75) is 23.3 Å². The van der Waals surface area contributed by atoms with Crippen LogP contribution in [0.15, 0.2) is 87.5 Å². The van der Waals surface area contributed by atoms with Gasteiger partial charge in [-0.05, 0) is 60.5 Å². The van der Waals surface area contributed by atoms with E-state index in [1.165, 1.54) is 42.6 Å². The van der Waals surface area contributed by atoms with E-state index in [1.807, 2.05) is 31.2 Å². The van der Waals surface area contributed by atoms with Crippen LogP contribution in [0.1, 0.15) is 11.1 Å². The lowest BCUT2D eigenvalue weighted by Gasteiger charge is -2.15. The third kappa shape index (κ3) is 3.64. The van der Waals surface area contributed by atoms with Gasteiger partial charge in [0.05, 0.1) is 10.4 Å². The molecule has 0 fully saturated rings. The predicted molar refractivity (Wildman–Crippen MR) is 115 cm³/mol. The summed E-state index contributed by atoms with van der Waals surface area (Å²) in [6.07, 6.45) is 1.33. The first kappa shape index (κ1) is 20.3. The van der Waals surface area contributed by atoms with E-state index in [1.54, 1.807) is 4.57 Å². The third-order valence-electron chi connectivity index (χ3n) is 5.02. The Hall–Kier alpha value is -2.96. The molecule has 1 heterocycles. The highest BCUT2D eigenvalue weighted by molar-refractivity contribution is 7.91. The highest BCUT2D eigenvalue weighted by Gasteiger charge is 2.24. The molecule has 0 saturated heterocycles. The Morgan fingerprint density at radius 1 is 1.00 bits per heavy atom. The van der Waals surface area contributed by atoms with Crippen molar-refractivity contribution in [2.75, 3.05) is 0 Å². The molecule has 0 spiro atoms. The maximum atomic E-state index is 13.9. The Kier molecular flexibility index (Phi) is 5.22. The van der Waals surface area contributed by atoms with Crippen LogP contribution in [0.2, 0.25) is 5.02 Å². The van der Waals surface area contributed by atoms with Gasteiger partial charge in [-0.15, -0.1) is 0 Å². The van der Waals surface area contributed by atoms with Crippen molar-refractivity contribution in [1.82, 2.24) is 4.57 Å². The zero-order chi connectivity index (χ0) is 21.5. The van der Waals surface area contributed by atoms with Crippen molar-refractivity contribution >= 4 is 32.3 Å². The Bertz CT molecular complexity index is 1430. The molecule has 0 unspecified atom stereocenters. The second-order valence-corrected chi connectivity index (χ2v) is 9.35. The lowest BCUT2D eigenvalue weighted by molar-refractivity contribution is 0.593. The van der Waals surface area contributed by atoms with Gasteiger partial charge in [-0.25, -0.2) is 12.8 Å². The largest absolute Gasteiger partial charge is 0.341 e. The number of halogens is 2. The van der Waals surface area contributed by atoms with Gasteiger partial charge in [0.1, 0.15) is 10.7 Å². The van der Waals surface area contributed by atoms with Gasteiger partial charge in [0.2, 0.25) is 15.3 Å². The van der Waals surface area contributed by atoms with Gasteiger partial charge in [0, 0.05) is 23.2 Å². The summed E-state index contributed by atoms with van der Waals surface area (Å²) in [4.78, 5) is 12.6. The molecule has 4 aromatic rings. The molecule has 0 aliphatic heterocycles. The van der Waals surface area contributed by atoms with Crippen LogP contribution in [0.5, 0.6) is 0 Å². The molecule has 7 heteroatoms. The molecule has 4 rings (SSSR count).